The Morgan fingerprint density at radius 2 is 1.53 bits per heavy atom. The molecule has 1 aromatic heterocycles. The van der Waals surface area contributed by atoms with Gasteiger partial charge in [-0.1, -0.05) is 49.6 Å². The number of unbranched alkanes of at least 4 members (excludes halogenated alkanes) is 3. The maximum absolute atomic E-state index is 13.0. The zero-order chi connectivity index (χ0) is 29.9. The zero-order valence-corrected chi connectivity index (χ0v) is 24.0. The number of nitrogens with zero attached hydrogens (tertiary/aromatic N) is 1. The number of anilines is 1. The van der Waals surface area contributed by atoms with Crippen LogP contribution in [0.3, 0.4) is 0 Å². The van der Waals surface area contributed by atoms with Gasteiger partial charge < -0.3 is 20.8 Å². The first-order valence-corrected chi connectivity index (χ1v) is 15.1. The highest BCUT2D eigenvalue weighted by Gasteiger charge is 2.35. The number of carbonyl (C=O) groups excluding carboxylic acids is 3. The summed E-state index contributed by atoms with van der Waals surface area (Å²) in [6, 6.07) is 15.1. The van der Waals surface area contributed by atoms with Crippen LogP contribution in [-0.4, -0.2) is 45.8 Å². The van der Waals surface area contributed by atoms with Crippen LogP contribution in [0.15, 0.2) is 54.6 Å². The van der Waals surface area contributed by atoms with Crippen molar-refractivity contribution in [2.24, 2.45) is 0 Å². The molecule has 2 aliphatic carbocycles. The second kappa shape index (κ2) is 12.3. The van der Waals surface area contributed by atoms with E-state index >= 15 is 0 Å². The summed E-state index contributed by atoms with van der Waals surface area (Å²) in [7, 11) is 0. The minimum atomic E-state index is -0.644. The molecule has 0 saturated heterocycles. The number of rotatable bonds is 9. The fourth-order valence-electron chi connectivity index (χ4n) is 6.29. The normalized spacial score (nSPS) is 14.0. The molecule has 4 N–H and O–H groups in total. The number of amides is 1. The van der Waals surface area contributed by atoms with Crippen LogP contribution >= 0.6 is 0 Å². The number of pyridine rings is 1. The molecule has 0 spiro atoms. The first-order valence-electron chi connectivity index (χ1n) is 15.1. The molecule has 43 heavy (non-hydrogen) atoms. The second-order valence-electron chi connectivity index (χ2n) is 11.4. The Hall–Kier alpha value is -4.72. The second-order valence-corrected chi connectivity index (χ2v) is 11.4. The molecule has 0 aliphatic heterocycles. The lowest BCUT2D eigenvalue weighted by atomic mass is 9.82. The van der Waals surface area contributed by atoms with Gasteiger partial charge in [-0.25, -0.2) is 0 Å². The fourth-order valence-corrected chi connectivity index (χ4v) is 6.29. The molecule has 6 rings (SSSR count). The summed E-state index contributed by atoms with van der Waals surface area (Å²) >= 11 is 0. The van der Waals surface area contributed by atoms with Crippen LogP contribution < -0.4 is 10.6 Å². The third-order valence-electron chi connectivity index (χ3n) is 8.48. The Morgan fingerprint density at radius 3 is 2.40 bits per heavy atom. The van der Waals surface area contributed by atoms with Gasteiger partial charge in [-0.3, -0.25) is 19.4 Å². The van der Waals surface area contributed by atoms with Gasteiger partial charge in [0.05, 0.1) is 16.6 Å². The Morgan fingerprint density at radius 1 is 0.767 bits per heavy atom. The number of fused-ring (bicyclic) bond motifs is 4. The minimum Gasteiger partial charge on any atom is -0.507 e. The van der Waals surface area contributed by atoms with Crippen molar-refractivity contribution in [2.45, 2.75) is 57.8 Å². The molecule has 220 valence electrons. The first-order chi connectivity index (χ1) is 20.9. The van der Waals surface area contributed by atoms with Crippen LogP contribution in [0.1, 0.15) is 98.4 Å². The number of hydrogen-bond acceptors (Lipinski definition) is 7. The lowest BCUT2D eigenvalue weighted by molar-refractivity contribution is 0.0948. The maximum Gasteiger partial charge on any atom is 0.251 e. The molecule has 0 radical (unpaired) electrons. The number of benzene rings is 3. The van der Waals surface area contributed by atoms with E-state index in [0.717, 1.165) is 50.6 Å². The molecule has 3 aromatic carbocycles. The summed E-state index contributed by atoms with van der Waals surface area (Å²) in [4.78, 5) is 43.8. The molecular weight excluding hydrogens is 542 g/mol. The highest BCUT2D eigenvalue weighted by molar-refractivity contribution is 6.30. The van der Waals surface area contributed by atoms with E-state index in [1.807, 2.05) is 6.07 Å². The lowest BCUT2D eigenvalue weighted by Gasteiger charge is -2.20. The van der Waals surface area contributed by atoms with Crippen LogP contribution in [0.4, 0.5) is 5.69 Å². The molecule has 2 aliphatic rings. The Balaban J connectivity index is 1.00. The van der Waals surface area contributed by atoms with Gasteiger partial charge in [-0.2, -0.15) is 0 Å². The Bertz CT molecular complexity index is 1750. The zero-order valence-electron chi connectivity index (χ0n) is 24.0. The van der Waals surface area contributed by atoms with Crippen molar-refractivity contribution in [3.63, 3.8) is 0 Å². The molecule has 4 aromatic rings. The van der Waals surface area contributed by atoms with E-state index in [1.54, 1.807) is 0 Å². The van der Waals surface area contributed by atoms with Crippen molar-refractivity contribution < 1.29 is 24.6 Å². The van der Waals surface area contributed by atoms with E-state index in [0.29, 0.717) is 6.54 Å². The van der Waals surface area contributed by atoms with E-state index in [1.165, 1.54) is 71.9 Å². The molecule has 8 nitrogen and oxygen atoms in total. The van der Waals surface area contributed by atoms with Crippen LogP contribution in [-0.2, 0) is 12.8 Å². The third-order valence-corrected chi connectivity index (χ3v) is 8.48. The predicted octanol–water partition coefficient (Wildman–Crippen LogP) is 6.09. The summed E-state index contributed by atoms with van der Waals surface area (Å²) in [5.41, 5.74) is 4.69. The number of phenols is 2. The van der Waals surface area contributed by atoms with Crippen LogP contribution in [0, 0.1) is 0 Å². The predicted molar refractivity (Wildman–Crippen MR) is 165 cm³/mol. The number of aromatic nitrogens is 1. The smallest absolute Gasteiger partial charge is 0.251 e. The molecule has 1 heterocycles. The monoisotopic (exact) mass is 577 g/mol. The van der Waals surface area contributed by atoms with Crippen molar-refractivity contribution in [1.29, 1.82) is 0 Å². The largest absolute Gasteiger partial charge is 0.507 e. The molecule has 0 saturated carbocycles. The number of carbonyl (C=O) groups is 3. The van der Waals surface area contributed by atoms with Gasteiger partial charge in [-0.05, 0) is 68.4 Å². The number of aromatic hydroxyl groups is 2. The summed E-state index contributed by atoms with van der Waals surface area (Å²) < 4.78 is 0. The molecule has 1 amide bonds. The quantitative estimate of drug-likeness (QED) is 0.123. The average Bonchev–Trinajstić information content (AvgIpc) is 3.25. The Kier molecular flexibility index (Phi) is 8.09. The highest BCUT2D eigenvalue weighted by Crippen LogP contribution is 2.37. The fraction of sp³-hybridized carbons (Fsp3) is 0.314. The lowest BCUT2D eigenvalue weighted by Crippen LogP contribution is -2.26. The summed E-state index contributed by atoms with van der Waals surface area (Å²) in [6.45, 7) is 1.32. The number of hydrogen-bond donors (Lipinski definition) is 4. The number of ketones is 2. The van der Waals surface area contributed by atoms with Crippen molar-refractivity contribution >= 4 is 34.1 Å². The van der Waals surface area contributed by atoms with Gasteiger partial charge in [-0.15, -0.1) is 0 Å². The molecule has 0 fully saturated rings. The standard InChI is InChI=1S/C35H35N3O5/c39-28-16-10-13-24-30(28)34(42)31-25(33(24)41)19-21(20-29(31)40)35(43)37-18-9-2-1-8-17-36-32-22-11-4-3-5-14-26(22)38-27-15-7-6-12-23(27)32/h6-7,10,12-13,15-16,19-20,39-40H,1-5,8-9,11,14,17-18H2,(H,36,38)(H,37,43). The molecule has 0 unspecified atom stereocenters. The topological polar surface area (TPSA) is 129 Å². The van der Waals surface area contributed by atoms with E-state index < -0.39 is 23.2 Å². The third kappa shape index (κ3) is 5.57. The first kappa shape index (κ1) is 28.4. The van der Waals surface area contributed by atoms with Crippen molar-refractivity contribution in [1.82, 2.24) is 10.3 Å². The van der Waals surface area contributed by atoms with Gasteiger partial charge in [0, 0.05) is 46.5 Å². The van der Waals surface area contributed by atoms with Gasteiger partial charge >= 0.3 is 0 Å². The molecular formula is C35H35N3O5. The molecule has 8 heteroatoms. The van der Waals surface area contributed by atoms with E-state index in [2.05, 4.69) is 28.8 Å². The van der Waals surface area contributed by atoms with E-state index in [-0.39, 0.29) is 33.6 Å². The molecule has 0 atom stereocenters. The van der Waals surface area contributed by atoms with Crippen molar-refractivity contribution in [3.8, 4) is 11.5 Å². The summed E-state index contributed by atoms with van der Waals surface area (Å²) in [5, 5.41) is 28.4. The van der Waals surface area contributed by atoms with Crippen molar-refractivity contribution in [2.75, 3.05) is 18.4 Å². The summed E-state index contributed by atoms with van der Waals surface area (Å²) in [6.07, 6.45) is 9.50. The average molecular weight is 578 g/mol. The van der Waals surface area contributed by atoms with E-state index in [9.17, 15) is 24.6 Å². The summed E-state index contributed by atoms with van der Waals surface area (Å²) in [5.74, 6) is -2.36. The number of phenolic OH excluding ortho intramolecular Hbond substituents is 2. The van der Waals surface area contributed by atoms with Gasteiger partial charge in [0.2, 0.25) is 5.78 Å². The number of aryl methyl sites for hydroxylation is 1. The molecule has 0 bridgehead atoms. The number of nitrogens with one attached hydrogen (secondary N) is 2. The van der Waals surface area contributed by atoms with Gasteiger partial charge in [0.1, 0.15) is 11.5 Å². The van der Waals surface area contributed by atoms with Crippen molar-refractivity contribution in [3.05, 3.63) is 93.7 Å². The SMILES string of the molecule is O=C(NCCCCCCNc1c2c(nc3ccccc13)CCCCC2)c1cc(O)c2c(c1)C(=O)c1cccc(O)c1C2=O. The minimum absolute atomic E-state index is 0.0420. The number of para-hydroxylation sites is 1. The van der Waals surface area contributed by atoms with Gasteiger partial charge in [0.25, 0.3) is 5.91 Å². The van der Waals surface area contributed by atoms with E-state index in [4.69, 9.17) is 4.98 Å². The maximum atomic E-state index is 13.0. The van der Waals surface area contributed by atoms with Crippen LogP contribution in [0.2, 0.25) is 0 Å². The highest BCUT2D eigenvalue weighted by atomic mass is 16.3. The Labute approximate surface area is 250 Å². The van der Waals surface area contributed by atoms with Crippen LogP contribution in [0.5, 0.6) is 11.5 Å². The van der Waals surface area contributed by atoms with Crippen LogP contribution in [0.25, 0.3) is 10.9 Å². The van der Waals surface area contributed by atoms with Gasteiger partial charge in [0.15, 0.2) is 5.78 Å².